The molecule has 3 heteroatoms. The Hall–Kier alpha value is -2.68. The quantitative estimate of drug-likeness (QED) is 0.733. The summed E-state index contributed by atoms with van der Waals surface area (Å²) in [6, 6.07) is 17.7. The third-order valence-corrected chi connectivity index (χ3v) is 3.48. The lowest BCUT2D eigenvalue weighted by molar-refractivity contribution is 0.102. The van der Waals surface area contributed by atoms with Crippen molar-refractivity contribution in [1.82, 2.24) is 0 Å². The van der Waals surface area contributed by atoms with Crippen molar-refractivity contribution in [2.75, 3.05) is 5.32 Å². The van der Waals surface area contributed by atoms with Gasteiger partial charge in [-0.25, -0.2) is 4.39 Å². The van der Waals surface area contributed by atoms with Crippen molar-refractivity contribution in [2.45, 2.75) is 6.92 Å². The van der Waals surface area contributed by atoms with Crippen LogP contribution in [0.15, 0.2) is 60.7 Å². The Morgan fingerprint density at radius 1 is 1.00 bits per heavy atom. The summed E-state index contributed by atoms with van der Waals surface area (Å²) in [4.78, 5) is 12.4. The number of nitrogens with one attached hydrogen (secondary N) is 1. The fourth-order valence-corrected chi connectivity index (χ4v) is 2.36. The Labute approximate surface area is 122 Å². The molecule has 104 valence electrons. The molecular weight excluding hydrogens is 265 g/mol. The van der Waals surface area contributed by atoms with Gasteiger partial charge in [0.2, 0.25) is 0 Å². The second-order valence-corrected chi connectivity index (χ2v) is 4.94. The maximum absolute atomic E-state index is 13.3. The molecule has 0 unspecified atom stereocenters. The van der Waals surface area contributed by atoms with Gasteiger partial charge in [0.15, 0.2) is 0 Å². The highest BCUT2D eigenvalue weighted by Crippen LogP contribution is 2.24. The first-order valence-electron chi connectivity index (χ1n) is 6.70. The zero-order valence-corrected chi connectivity index (χ0v) is 11.6. The molecule has 0 aliphatic rings. The van der Waals surface area contributed by atoms with Gasteiger partial charge in [0, 0.05) is 16.6 Å². The molecule has 0 aromatic heterocycles. The van der Waals surface area contributed by atoms with Gasteiger partial charge in [-0.15, -0.1) is 0 Å². The van der Waals surface area contributed by atoms with E-state index < -0.39 is 5.82 Å². The van der Waals surface area contributed by atoms with Crippen molar-refractivity contribution < 1.29 is 9.18 Å². The molecule has 0 atom stereocenters. The van der Waals surface area contributed by atoms with E-state index in [1.165, 1.54) is 12.1 Å². The zero-order chi connectivity index (χ0) is 14.8. The highest BCUT2D eigenvalue weighted by molar-refractivity contribution is 6.09. The summed E-state index contributed by atoms with van der Waals surface area (Å²) >= 11 is 0. The third kappa shape index (κ3) is 2.63. The molecule has 0 radical (unpaired) electrons. The molecule has 0 saturated carbocycles. The molecule has 0 spiro atoms. The Morgan fingerprint density at radius 3 is 2.62 bits per heavy atom. The minimum absolute atomic E-state index is 0.302. The minimum Gasteiger partial charge on any atom is -0.321 e. The molecule has 3 rings (SSSR count). The molecule has 3 aromatic rings. The lowest BCUT2D eigenvalue weighted by atomic mass is 10.1. The van der Waals surface area contributed by atoms with Crippen LogP contribution in [0.4, 0.5) is 10.1 Å². The van der Waals surface area contributed by atoms with Gasteiger partial charge in [-0.05, 0) is 36.1 Å². The highest BCUT2D eigenvalue weighted by atomic mass is 19.1. The molecule has 0 bridgehead atoms. The van der Waals surface area contributed by atoms with Crippen LogP contribution in [0.25, 0.3) is 10.8 Å². The standard InChI is InChI=1S/C18H14FNO/c1-12-9-10-14(19)11-16(12)18(21)20-17-8-4-6-13-5-2-3-7-15(13)17/h2-11H,1H3,(H,20,21). The number of benzene rings is 3. The number of carbonyl (C=O) groups excluding carboxylic acids is 1. The molecule has 0 fully saturated rings. The van der Waals surface area contributed by atoms with Crippen LogP contribution < -0.4 is 5.32 Å². The van der Waals surface area contributed by atoms with Crippen molar-refractivity contribution in [2.24, 2.45) is 0 Å². The van der Waals surface area contributed by atoms with Gasteiger partial charge in [0.1, 0.15) is 5.82 Å². The maximum Gasteiger partial charge on any atom is 0.256 e. The van der Waals surface area contributed by atoms with Gasteiger partial charge in [0.05, 0.1) is 0 Å². The van der Waals surface area contributed by atoms with Crippen LogP contribution in [-0.2, 0) is 0 Å². The Morgan fingerprint density at radius 2 is 1.76 bits per heavy atom. The van der Waals surface area contributed by atoms with Crippen LogP contribution in [0, 0.1) is 12.7 Å². The number of hydrogen-bond acceptors (Lipinski definition) is 1. The predicted molar refractivity (Wildman–Crippen MR) is 83.0 cm³/mol. The Kier molecular flexibility index (Phi) is 3.40. The largest absolute Gasteiger partial charge is 0.321 e. The molecule has 1 amide bonds. The summed E-state index contributed by atoms with van der Waals surface area (Å²) < 4.78 is 13.3. The average molecular weight is 279 g/mol. The van der Waals surface area contributed by atoms with E-state index in [0.29, 0.717) is 5.56 Å². The van der Waals surface area contributed by atoms with Crippen LogP contribution in [-0.4, -0.2) is 5.91 Å². The smallest absolute Gasteiger partial charge is 0.256 e. The molecule has 1 N–H and O–H groups in total. The number of hydrogen-bond donors (Lipinski definition) is 1. The van der Waals surface area contributed by atoms with Gasteiger partial charge in [0.25, 0.3) is 5.91 Å². The predicted octanol–water partition coefficient (Wildman–Crippen LogP) is 4.54. The van der Waals surface area contributed by atoms with E-state index in [4.69, 9.17) is 0 Å². The topological polar surface area (TPSA) is 29.1 Å². The Bertz CT molecular complexity index is 821. The lowest BCUT2D eigenvalue weighted by Crippen LogP contribution is -2.13. The van der Waals surface area contributed by atoms with Crippen molar-refractivity contribution in [3.05, 3.63) is 77.6 Å². The van der Waals surface area contributed by atoms with Gasteiger partial charge in [-0.2, -0.15) is 0 Å². The first-order valence-corrected chi connectivity index (χ1v) is 6.70. The molecule has 0 heterocycles. The first kappa shape index (κ1) is 13.3. The van der Waals surface area contributed by atoms with Crippen LogP contribution in [0.1, 0.15) is 15.9 Å². The van der Waals surface area contributed by atoms with E-state index in [2.05, 4.69) is 5.32 Å². The second-order valence-electron chi connectivity index (χ2n) is 4.94. The number of fused-ring (bicyclic) bond motifs is 1. The monoisotopic (exact) mass is 279 g/mol. The van der Waals surface area contributed by atoms with Gasteiger partial charge in [-0.1, -0.05) is 42.5 Å². The third-order valence-electron chi connectivity index (χ3n) is 3.48. The number of halogens is 1. The average Bonchev–Trinajstić information content (AvgIpc) is 2.50. The molecule has 0 saturated heterocycles. The van der Waals surface area contributed by atoms with Crippen LogP contribution in [0.3, 0.4) is 0 Å². The fourth-order valence-electron chi connectivity index (χ4n) is 2.36. The van der Waals surface area contributed by atoms with E-state index in [1.54, 1.807) is 13.0 Å². The lowest BCUT2D eigenvalue weighted by Gasteiger charge is -2.10. The van der Waals surface area contributed by atoms with Crippen molar-refractivity contribution in [3.8, 4) is 0 Å². The van der Waals surface area contributed by atoms with Crippen LogP contribution in [0.2, 0.25) is 0 Å². The van der Waals surface area contributed by atoms with Crippen molar-refractivity contribution in [3.63, 3.8) is 0 Å². The molecule has 0 aliphatic heterocycles. The van der Waals surface area contributed by atoms with Crippen molar-refractivity contribution in [1.29, 1.82) is 0 Å². The van der Waals surface area contributed by atoms with E-state index in [9.17, 15) is 9.18 Å². The number of aryl methyl sites for hydroxylation is 1. The summed E-state index contributed by atoms with van der Waals surface area (Å²) in [5.41, 5.74) is 1.82. The Balaban J connectivity index is 1.99. The van der Waals surface area contributed by atoms with E-state index in [-0.39, 0.29) is 5.91 Å². The maximum atomic E-state index is 13.3. The molecule has 21 heavy (non-hydrogen) atoms. The number of anilines is 1. The van der Waals surface area contributed by atoms with E-state index in [1.807, 2.05) is 42.5 Å². The molecule has 0 aliphatic carbocycles. The SMILES string of the molecule is Cc1ccc(F)cc1C(=O)Nc1cccc2ccccc12. The normalized spacial score (nSPS) is 10.6. The van der Waals surface area contributed by atoms with Crippen LogP contribution in [0.5, 0.6) is 0 Å². The number of amides is 1. The molecular formula is C18H14FNO. The number of rotatable bonds is 2. The zero-order valence-electron chi connectivity index (χ0n) is 11.6. The van der Waals surface area contributed by atoms with Gasteiger partial charge >= 0.3 is 0 Å². The second kappa shape index (κ2) is 5.37. The van der Waals surface area contributed by atoms with Gasteiger partial charge < -0.3 is 5.32 Å². The summed E-state index contributed by atoms with van der Waals surface area (Å²) in [5.74, 6) is -0.716. The van der Waals surface area contributed by atoms with E-state index in [0.717, 1.165) is 22.0 Å². The van der Waals surface area contributed by atoms with Crippen molar-refractivity contribution >= 4 is 22.4 Å². The highest BCUT2D eigenvalue weighted by Gasteiger charge is 2.11. The molecule has 2 nitrogen and oxygen atoms in total. The summed E-state index contributed by atoms with van der Waals surface area (Å²) in [6.45, 7) is 1.79. The number of carbonyl (C=O) groups is 1. The molecule has 3 aromatic carbocycles. The summed E-state index contributed by atoms with van der Waals surface area (Å²) in [7, 11) is 0. The fraction of sp³-hybridized carbons (Fsp3) is 0.0556. The minimum atomic E-state index is -0.413. The first-order chi connectivity index (χ1) is 10.1. The van der Waals surface area contributed by atoms with E-state index >= 15 is 0 Å². The van der Waals surface area contributed by atoms with Crippen LogP contribution >= 0.6 is 0 Å². The summed E-state index contributed by atoms with van der Waals surface area (Å²) in [5, 5.41) is 4.87. The summed E-state index contributed by atoms with van der Waals surface area (Å²) in [6.07, 6.45) is 0. The van der Waals surface area contributed by atoms with Gasteiger partial charge in [-0.3, -0.25) is 4.79 Å².